The molecular weight excluding hydrogens is 499 g/mol. The summed E-state index contributed by atoms with van der Waals surface area (Å²) in [6.45, 7) is 0. The minimum absolute atomic E-state index is 0.0553. The lowest BCUT2D eigenvalue weighted by molar-refractivity contribution is -0.137. The first-order chi connectivity index (χ1) is 17.1. The van der Waals surface area contributed by atoms with E-state index >= 15 is 0 Å². The molecule has 12 heteroatoms. The fraction of sp³-hybridized carbons (Fsp3) is 0.125. The molecule has 0 spiro atoms. The standard InChI is InChI=1S/C24H19ClF3N5O3/c1-33-13-14(12-29-33)21-10-18(11-22(32-21)35-2)36-17-6-3-15(4-7-17)30-23(34)31-16-5-8-20(25)19(9-16)24(26,27)28/h3-13H,1-2H3,(H2,30,31,34). The summed E-state index contributed by atoms with van der Waals surface area (Å²) in [5.74, 6) is 1.30. The number of pyridine rings is 1. The summed E-state index contributed by atoms with van der Waals surface area (Å²) in [5.41, 5.74) is 0.703. The van der Waals surface area contributed by atoms with Crippen LogP contribution in [0.1, 0.15) is 5.56 Å². The maximum atomic E-state index is 13.0. The quantitative estimate of drug-likeness (QED) is 0.301. The van der Waals surface area contributed by atoms with Gasteiger partial charge in [-0.2, -0.15) is 18.3 Å². The van der Waals surface area contributed by atoms with E-state index in [1.54, 1.807) is 54.3 Å². The molecule has 0 aliphatic carbocycles. The van der Waals surface area contributed by atoms with Crippen molar-refractivity contribution in [2.45, 2.75) is 6.18 Å². The molecule has 0 aliphatic rings. The highest BCUT2D eigenvalue weighted by atomic mass is 35.5. The fourth-order valence-electron chi connectivity index (χ4n) is 3.20. The number of carbonyl (C=O) groups is 1. The van der Waals surface area contributed by atoms with Crippen LogP contribution >= 0.6 is 11.6 Å². The smallest absolute Gasteiger partial charge is 0.417 e. The number of amides is 2. The van der Waals surface area contributed by atoms with Crippen LogP contribution in [0.15, 0.2) is 67.0 Å². The second-order valence-electron chi connectivity index (χ2n) is 7.53. The SMILES string of the molecule is COc1cc(Oc2ccc(NC(=O)Nc3ccc(Cl)c(C(F)(F)F)c3)cc2)cc(-c2cnn(C)c2)n1. The minimum atomic E-state index is -4.64. The average Bonchev–Trinajstić information content (AvgIpc) is 3.27. The highest BCUT2D eigenvalue weighted by molar-refractivity contribution is 6.31. The predicted molar refractivity (Wildman–Crippen MR) is 129 cm³/mol. The van der Waals surface area contributed by atoms with Crippen molar-refractivity contribution in [2.24, 2.45) is 7.05 Å². The first-order valence-electron chi connectivity index (χ1n) is 10.4. The van der Waals surface area contributed by atoms with Crippen LogP contribution < -0.4 is 20.1 Å². The maximum Gasteiger partial charge on any atom is 0.417 e. The van der Waals surface area contributed by atoms with Crippen LogP contribution in [0.25, 0.3) is 11.3 Å². The molecule has 0 bridgehead atoms. The molecule has 2 aromatic heterocycles. The summed E-state index contributed by atoms with van der Waals surface area (Å²) >= 11 is 5.60. The Morgan fingerprint density at radius 3 is 2.33 bits per heavy atom. The Hall–Kier alpha value is -4.25. The summed E-state index contributed by atoms with van der Waals surface area (Å²) in [5, 5.41) is 8.58. The average molecular weight is 518 g/mol. The molecule has 2 amide bonds. The second-order valence-corrected chi connectivity index (χ2v) is 7.94. The van der Waals surface area contributed by atoms with Gasteiger partial charge >= 0.3 is 12.2 Å². The molecule has 186 valence electrons. The molecular formula is C24H19ClF3N5O3. The van der Waals surface area contributed by atoms with Crippen molar-refractivity contribution in [1.29, 1.82) is 0 Å². The molecule has 4 aromatic rings. The van der Waals surface area contributed by atoms with Crippen LogP contribution in [0.5, 0.6) is 17.4 Å². The highest BCUT2D eigenvalue weighted by Crippen LogP contribution is 2.36. The predicted octanol–water partition coefficient (Wildman–Crippen LogP) is 6.60. The minimum Gasteiger partial charge on any atom is -0.481 e. The molecule has 0 radical (unpaired) electrons. The van der Waals surface area contributed by atoms with Gasteiger partial charge in [-0.3, -0.25) is 4.68 Å². The summed E-state index contributed by atoms with van der Waals surface area (Å²) in [7, 11) is 3.30. The molecule has 36 heavy (non-hydrogen) atoms. The number of urea groups is 1. The largest absolute Gasteiger partial charge is 0.481 e. The summed E-state index contributed by atoms with van der Waals surface area (Å²) in [4.78, 5) is 16.7. The number of aromatic nitrogens is 3. The van der Waals surface area contributed by atoms with E-state index in [1.807, 2.05) is 6.20 Å². The normalized spacial score (nSPS) is 11.2. The van der Waals surface area contributed by atoms with Crippen LogP contribution in [-0.2, 0) is 13.2 Å². The van der Waals surface area contributed by atoms with Gasteiger partial charge in [-0.15, -0.1) is 0 Å². The van der Waals surface area contributed by atoms with E-state index in [9.17, 15) is 18.0 Å². The van der Waals surface area contributed by atoms with Gasteiger partial charge in [0.05, 0.1) is 29.6 Å². The number of rotatable bonds is 6. The van der Waals surface area contributed by atoms with Gasteiger partial charge in [-0.25, -0.2) is 9.78 Å². The number of alkyl halides is 3. The number of hydrogen-bond donors (Lipinski definition) is 2. The van der Waals surface area contributed by atoms with E-state index in [4.69, 9.17) is 21.1 Å². The van der Waals surface area contributed by atoms with Crippen molar-refractivity contribution in [1.82, 2.24) is 14.8 Å². The number of nitrogens with one attached hydrogen (secondary N) is 2. The maximum absolute atomic E-state index is 13.0. The zero-order valence-electron chi connectivity index (χ0n) is 18.9. The van der Waals surface area contributed by atoms with Crippen molar-refractivity contribution in [3.8, 4) is 28.6 Å². The van der Waals surface area contributed by atoms with Crippen LogP contribution in [0.4, 0.5) is 29.3 Å². The molecule has 2 aromatic carbocycles. The van der Waals surface area contributed by atoms with Gasteiger partial charge in [0.1, 0.15) is 11.5 Å². The van der Waals surface area contributed by atoms with Crippen molar-refractivity contribution in [3.63, 3.8) is 0 Å². The summed E-state index contributed by atoms with van der Waals surface area (Å²) < 4.78 is 51.9. The van der Waals surface area contributed by atoms with Gasteiger partial charge in [-0.05, 0) is 42.5 Å². The highest BCUT2D eigenvalue weighted by Gasteiger charge is 2.33. The van der Waals surface area contributed by atoms with Crippen molar-refractivity contribution >= 4 is 29.0 Å². The molecule has 4 rings (SSSR count). The number of aryl methyl sites for hydroxylation is 1. The molecule has 2 N–H and O–H groups in total. The molecule has 0 fully saturated rings. The molecule has 0 saturated carbocycles. The van der Waals surface area contributed by atoms with E-state index in [2.05, 4.69) is 20.7 Å². The number of methoxy groups -OCH3 is 1. The number of hydrogen-bond acceptors (Lipinski definition) is 5. The van der Waals surface area contributed by atoms with Crippen LogP contribution in [0.2, 0.25) is 5.02 Å². The third-order valence-electron chi connectivity index (χ3n) is 4.86. The van der Waals surface area contributed by atoms with Gasteiger partial charge in [-0.1, -0.05) is 11.6 Å². The topological polar surface area (TPSA) is 90.3 Å². The number of anilines is 2. The zero-order chi connectivity index (χ0) is 25.9. The van der Waals surface area contributed by atoms with Crippen LogP contribution in [0, 0.1) is 0 Å². The van der Waals surface area contributed by atoms with Gasteiger partial charge < -0.3 is 20.1 Å². The molecule has 0 atom stereocenters. The van der Waals surface area contributed by atoms with E-state index in [-0.39, 0.29) is 5.69 Å². The number of benzene rings is 2. The fourth-order valence-corrected chi connectivity index (χ4v) is 3.43. The van der Waals surface area contributed by atoms with Gasteiger partial charge in [0, 0.05) is 42.3 Å². The van der Waals surface area contributed by atoms with Crippen molar-refractivity contribution < 1.29 is 27.4 Å². The van der Waals surface area contributed by atoms with Crippen molar-refractivity contribution in [3.05, 3.63) is 77.6 Å². The van der Waals surface area contributed by atoms with Crippen LogP contribution in [-0.4, -0.2) is 27.9 Å². The Labute approximate surface area is 208 Å². The second kappa shape index (κ2) is 10.2. The van der Waals surface area contributed by atoms with E-state index < -0.39 is 22.8 Å². The first-order valence-corrected chi connectivity index (χ1v) is 10.8. The Kier molecular flexibility index (Phi) is 7.02. The van der Waals surface area contributed by atoms with Crippen molar-refractivity contribution in [2.75, 3.05) is 17.7 Å². The molecule has 0 aliphatic heterocycles. The molecule has 8 nitrogen and oxygen atoms in total. The summed E-state index contributed by atoms with van der Waals surface area (Å²) in [6, 6.07) is 12.2. The lowest BCUT2D eigenvalue weighted by atomic mass is 10.2. The molecule has 2 heterocycles. The van der Waals surface area contributed by atoms with Crippen LogP contribution in [0.3, 0.4) is 0 Å². The van der Waals surface area contributed by atoms with Gasteiger partial charge in [0.25, 0.3) is 0 Å². The monoisotopic (exact) mass is 517 g/mol. The lowest BCUT2D eigenvalue weighted by Crippen LogP contribution is -2.19. The third kappa shape index (κ3) is 6.05. The number of ether oxygens (including phenoxy) is 2. The zero-order valence-corrected chi connectivity index (χ0v) is 19.7. The Bertz CT molecular complexity index is 1390. The molecule has 0 saturated heterocycles. The number of halogens is 4. The van der Waals surface area contributed by atoms with E-state index in [0.29, 0.717) is 28.8 Å². The van der Waals surface area contributed by atoms with E-state index in [1.165, 1.54) is 13.2 Å². The Balaban J connectivity index is 1.42. The molecule has 0 unspecified atom stereocenters. The Morgan fingerprint density at radius 2 is 1.69 bits per heavy atom. The lowest BCUT2D eigenvalue weighted by Gasteiger charge is -2.13. The van der Waals surface area contributed by atoms with Gasteiger partial charge in [0.2, 0.25) is 5.88 Å². The van der Waals surface area contributed by atoms with Gasteiger partial charge in [0.15, 0.2) is 0 Å². The Morgan fingerprint density at radius 1 is 1.00 bits per heavy atom. The number of carbonyl (C=O) groups excluding carboxylic acids is 1. The first kappa shape index (κ1) is 24.9. The third-order valence-corrected chi connectivity index (χ3v) is 5.19. The van der Waals surface area contributed by atoms with E-state index in [0.717, 1.165) is 17.7 Å². The summed E-state index contributed by atoms with van der Waals surface area (Å²) in [6.07, 6.45) is -1.16. The number of nitrogens with zero attached hydrogens (tertiary/aromatic N) is 3.